The van der Waals surface area contributed by atoms with Gasteiger partial charge in [-0.05, 0) is 18.6 Å². The fraction of sp³-hybridized carbons (Fsp3) is 0.250. The van der Waals surface area contributed by atoms with E-state index in [0.717, 1.165) is 0 Å². The first kappa shape index (κ1) is 14.6. The van der Waals surface area contributed by atoms with Gasteiger partial charge in [0.15, 0.2) is 11.7 Å². The Morgan fingerprint density at radius 2 is 1.45 bits per heavy atom. The maximum absolute atomic E-state index is 2.32. The Hall–Kier alpha value is -2.35. The van der Waals surface area contributed by atoms with Gasteiger partial charge < -0.3 is 0 Å². The molecular formula is C20H23N2+. The quantitative estimate of drug-likeness (QED) is 0.615. The molecule has 0 amide bonds. The van der Waals surface area contributed by atoms with Gasteiger partial charge in [-0.2, -0.15) is 0 Å². The first-order valence-electron chi connectivity index (χ1n) is 7.74. The lowest BCUT2D eigenvalue weighted by Crippen LogP contribution is -2.55. The molecule has 0 spiro atoms. The molecule has 22 heavy (non-hydrogen) atoms. The van der Waals surface area contributed by atoms with E-state index in [1.807, 2.05) is 0 Å². The second-order valence-electron chi connectivity index (χ2n) is 6.68. The molecule has 3 rings (SSSR count). The van der Waals surface area contributed by atoms with E-state index in [-0.39, 0.29) is 5.54 Å². The molecule has 0 radical (unpaired) electrons. The van der Waals surface area contributed by atoms with Crippen molar-refractivity contribution >= 4 is 0 Å². The van der Waals surface area contributed by atoms with E-state index in [9.17, 15) is 0 Å². The van der Waals surface area contributed by atoms with Crippen LogP contribution in [-0.2, 0) is 5.54 Å². The van der Waals surface area contributed by atoms with Crippen LogP contribution in [0.5, 0.6) is 0 Å². The van der Waals surface area contributed by atoms with Crippen LogP contribution >= 0.6 is 0 Å². The molecule has 0 aliphatic carbocycles. The van der Waals surface area contributed by atoms with Gasteiger partial charge in [-0.1, -0.05) is 48.5 Å². The molecule has 2 heteroatoms. The van der Waals surface area contributed by atoms with Crippen LogP contribution in [-0.4, -0.2) is 4.68 Å². The molecule has 0 saturated heterocycles. The average molecular weight is 291 g/mol. The zero-order chi connectivity index (χ0) is 15.7. The maximum atomic E-state index is 2.32. The molecule has 2 nitrogen and oxygen atoms in total. The van der Waals surface area contributed by atoms with Crippen molar-refractivity contribution in [3.05, 3.63) is 72.4 Å². The zero-order valence-corrected chi connectivity index (χ0v) is 13.7. The Kier molecular flexibility index (Phi) is 3.61. The van der Waals surface area contributed by atoms with Gasteiger partial charge in [-0.15, -0.1) is 9.36 Å². The van der Waals surface area contributed by atoms with Crippen molar-refractivity contribution in [3.63, 3.8) is 0 Å². The van der Waals surface area contributed by atoms with Gasteiger partial charge in [0.05, 0.1) is 0 Å². The van der Waals surface area contributed by atoms with E-state index in [2.05, 4.69) is 104 Å². The SMILES string of the molecule is Cc1ccccc1-n1c(-c2ccccc2)cc[n+]1C(C)(C)C. The van der Waals surface area contributed by atoms with Crippen LogP contribution in [0.25, 0.3) is 16.9 Å². The second kappa shape index (κ2) is 5.45. The van der Waals surface area contributed by atoms with Crippen LogP contribution in [0.3, 0.4) is 0 Å². The lowest BCUT2D eigenvalue weighted by molar-refractivity contribution is -0.816. The molecule has 0 unspecified atom stereocenters. The Morgan fingerprint density at radius 3 is 2.09 bits per heavy atom. The van der Waals surface area contributed by atoms with Crippen LogP contribution in [0.1, 0.15) is 26.3 Å². The number of benzene rings is 2. The van der Waals surface area contributed by atoms with Crippen molar-refractivity contribution in [2.45, 2.75) is 33.2 Å². The molecule has 0 atom stereocenters. The zero-order valence-electron chi connectivity index (χ0n) is 13.7. The van der Waals surface area contributed by atoms with E-state index in [4.69, 9.17) is 0 Å². The monoisotopic (exact) mass is 291 g/mol. The molecule has 3 aromatic rings. The van der Waals surface area contributed by atoms with E-state index < -0.39 is 0 Å². The molecule has 1 aromatic heterocycles. The van der Waals surface area contributed by atoms with Crippen molar-refractivity contribution in [2.24, 2.45) is 0 Å². The lowest BCUT2D eigenvalue weighted by atomic mass is 10.1. The van der Waals surface area contributed by atoms with Crippen molar-refractivity contribution in [1.29, 1.82) is 0 Å². The van der Waals surface area contributed by atoms with Gasteiger partial charge in [0.1, 0.15) is 11.4 Å². The standard InChI is InChI=1S/C20H23N2/c1-16-10-8-9-13-18(16)22-19(17-11-6-5-7-12-17)14-15-21(22)20(2,3)4/h5-15H,1-4H3/q+1. The molecule has 0 aliphatic rings. The predicted octanol–water partition coefficient (Wildman–Crippen LogP) is 4.50. The lowest BCUT2D eigenvalue weighted by Gasteiger charge is -2.17. The summed E-state index contributed by atoms with van der Waals surface area (Å²) >= 11 is 0. The normalized spacial score (nSPS) is 11.6. The van der Waals surface area contributed by atoms with E-state index in [1.54, 1.807) is 0 Å². The van der Waals surface area contributed by atoms with Crippen molar-refractivity contribution in [1.82, 2.24) is 4.68 Å². The van der Waals surface area contributed by atoms with Crippen molar-refractivity contribution < 1.29 is 4.68 Å². The minimum Gasteiger partial charge on any atom is -0.120 e. The molecule has 112 valence electrons. The van der Waals surface area contributed by atoms with E-state index in [1.165, 1.54) is 22.5 Å². The molecule has 1 heterocycles. The van der Waals surface area contributed by atoms with E-state index in [0.29, 0.717) is 0 Å². The van der Waals surface area contributed by atoms with Crippen LogP contribution < -0.4 is 4.68 Å². The third-order valence-corrected chi connectivity index (χ3v) is 3.92. The highest BCUT2D eigenvalue weighted by molar-refractivity contribution is 5.61. The van der Waals surface area contributed by atoms with Gasteiger partial charge >= 0.3 is 0 Å². The highest BCUT2D eigenvalue weighted by Crippen LogP contribution is 2.24. The number of hydrogen-bond donors (Lipinski definition) is 0. The summed E-state index contributed by atoms with van der Waals surface area (Å²) in [6.45, 7) is 8.86. The Morgan fingerprint density at radius 1 is 0.818 bits per heavy atom. The molecule has 0 fully saturated rings. The summed E-state index contributed by atoms with van der Waals surface area (Å²) in [6, 6.07) is 21.3. The molecule has 0 N–H and O–H groups in total. The first-order chi connectivity index (χ1) is 10.5. The highest BCUT2D eigenvalue weighted by atomic mass is 15.4. The maximum Gasteiger partial charge on any atom is 0.197 e. The third-order valence-electron chi connectivity index (χ3n) is 3.92. The van der Waals surface area contributed by atoms with Crippen LogP contribution in [0.4, 0.5) is 0 Å². The van der Waals surface area contributed by atoms with Crippen molar-refractivity contribution in [2.75, 3.05) is 0 Å². The van der Waals surface area contributed by atoms with E-state index >= 15 is 0 Å². The number of aromatic nitrogens is 2. The predicted molar refractivity (Wildman–Crippen MR) is 91.1 cm³/mol. The summed E-state index contributed by atoms with van der Waals surface area (Å²) < 4.78 is 4.63. The summed E-state index contributed by atoms with van der Waals surface area (Å²) in [6.07, 6.45) is 2.18. The van der Waals surface area contributed by atoms with Crippen LogP contribution in [0, 0.1) is 6.92 Å². The fourth-order valence-electron chi connectivity index (χ4n) is 2.79. The van der Waals surface area contributed by atoms with Gasteiger partial charge in [0.25, 0.3) is 0 Å². The van der Waals surface area contributed by atoms with Crippen LogP contribution in [0.15, 0.2) is 66.9 Å². The van der Waals surface area contributed by atoms with Gasteiger partial charge in [-0.3, -0.25) is 0 Å². The molecule has 0 saturated carbocycles. The summed E-state index contributed by atoms with van der Waals surface area (Å²) in [5.74, 6) is 0. The summed E-state index contributed by atoms with van der Waals surface area (Å²) in [5, 5.41) is 0. The summed E-state index contributed by atoms with van der Waals surface area (Å²) in [7, 11) is 0. The van der Waals surface area contributed by atoms with Crippen molar-refractivity contribution in [3.8, 4) is 16.9 Å². The average Bonchev–Trinajstić information content (AvgIpc) is 2.93. The Balaban J connectivity index is 2.30. The number of nitrogens with zero attached hydrogens (tertiary/aromatic N) is 2. The molecule has 0 aliphatic heterocycles. The first-order valence-corrected chi connectivity index (χ1v) is 7.74. The molecular weight excluding hydrogens is 268 g/mol. The van der Waals surface area contributed by atoms with Gasteiger partial charge in [0.2, 0.25) is 0 Å². The van der Waals surface area contributed by atoms with Crippen LogP contribution in [0.2, 0.25) is 0 Å². The Labute approximate surface area is 132 Å². The topological polar surface area (TPSA) is 8.81 Å². The minimum absolute atomic E-state index is 0.00924. The molecule has 0 bridgehead atoms. The summed E-state index contributed by atoms with van der Waals surface area (Å²) in [5.41, 5.74) is 4.95. The number of para-hydroxylation sites is 1. The Bertz CT molecular complexity index is 777. The number of aryl methyl sites for hydroxylation is 1. The number of hydrogen-bond acceptors (Lipinski definition) is 0. The number of rotatable bonds is 2. The molecule has 2 aromatic carbocycles. The second-order valence-corrected chi connectivity index (χ2v) is 6.68. The smallest absolute Gasteiger partial charge is 0.120 e. The minimum atomic E-state index is 0.00924. The third kappa shape index (κ3) is 2.57. The summed E-state index contributed by atoms with van der Waals surface area (Å²) in [4.78, 5) is 0. The van der Waals surface area contributed by atoms with Gasteiger partial charge in [0, 0.05) is 32.4 Å². The van der Waals surface area contributed by atoms with Gasteiger partial charge in [-0.25, -0.2) is 0 Å². The largest absolute Gasteiger partial charge is 0.197 e. The highest BCUT2D eigenvalue weighted by Gasteiger charge is 2.29. The fourth-order valence-corrected chi connectivity index (χ4v) is 2.79.